The van der Waals surface area contributed by atoms with E-state index in [0.29, 0.717) is 0 Å². The van der Waals surface area contributed by atoms with E-state index in [1.165, 1.54) is 128 Å². The first kappa shape index (κ1) is 45.1. The van der Waals surface area contributed by atoms with Crippen LogP contribution in [0.2, 0.25) is 0 Å². The molecule has 10 aromatic rings. The Bertz CT molecular complexity index is 3750. The van der Waals surface area contributed by atoms with Gasteiger partial charge in [0.1, 0.15) is 0 Å². The van der Waals surface area contributed by atoms with Crippen molar-refractivity contribution < 1.29 is 0 Å². The third-order valence-corrected chi connectivity index (χ3v) is 17.3. The van der Waals surface area contributed by atoms with Crippen LogP contribution in [0.4, 0.5) is 0 Å². The van der Waals surface area contributed by atoms with E-state index in [4.69, 9.17) is 0 Å². The third-order valence-electron chi connectivity index (χ3n) is 17.3. The van der Waals surface area contributed by atoms with E-state index < -0.39 is 10.8 Å². The van der Waals surface area contributed by atoms with Crippen LogP contribution in [0.25, 0.3) is 33.4 Å². The first-order valence-electron chi connectivity index (χ1n) is 26.4. The molecule has 0 saturated carbocycles. The van der Waals surface area contributed by atoms with E-state index >= 15 is 0 Å². The average molecular weight is 939 g/mol. The number of hydrogen-bond donors (Lipinski definition) is 0. The van der Waals surface area contributed by atoms with Gasteiger partial charge in [-0.1, -0.05) is 263 Å². The van der Waals surface area contributed by atoms with Gasteiger partial charge in [0.05, 0.1) is 10.8 Å². The highest BCUT2D eigenvalue weighted by Gasteiger charge is 2.50. The highest BCUT2D eigenvalue weighted by atomic mass is 14.5. The molecule has 3 aliphatic carbocycles. The molecule has 0 nitrogen and oxygen atoms in total. The standard InChI is InChI=1S/C73H62/c1-47-32-37-55(38-33-47)72(63-30-17-15-27-60(63)68-51(21-19-31-64(68)72)46-71(7)62-29-16-14-26-57(62)59-28-18-20-49(3)69(59)71)56-39-35-50(36-40-56)43-52-44-61-58-41-34-48(2)42-66(58)73(53-22-10-8-11-23-53,54-24-12-9-13-25-54)67(61)45-65(52)70(4,5)6/h8-42,44-45H,43,46H2,1-7H3. The van der Waals surface area contributed by atoms with Gasteiger partial charge in [0.15, 0.2) is 0 Å². The molecule has 2 atom stereocenters. The summed E-state index contributed by atoms with van der Waals surface area (Å²) in [6, 6.07) is 86.4. The number of aryl methyl sites for hydroxylation is 3. The number of benzene rings is 10. The Morgan fingerprint density at radius 2 is 0.890 bits per heavy atom. The van der Waals surface area contributed by atoms with Gasteiger partial charge >= 0.3 is 0 Å². The third kappa shape index (κ3) is 6.59. The Morgan fingerprint density at radius 3 is 1.58 bits per heavy atom. The van der Waals surface area contributed by atoms with Crippen LogP contribution in [0.1, 0.15) is 122 Å². The Kier molecular flexibility index (Phi) is 10.3. The zero-order valence-electron chi connectivity index (χ0n) is 43.3. The van der Waals surface area contributed by atoms with Crippen LogP contribution in [-0.4, -0.2) is 0 Å². The van der Waals surface area contributed by atoms with E-state index in [9.17, 15) is 0 Å². The Balaban J connectivity index is 0.962. The van der Waals surface area contributed by atoms with Gasteiger partial charge in [-0.2, -0.15) is 0 Å². The van der Waals surface area contributed by atoms with Crippen LogP contribution in [0.3, 0.4) is 0 Å². The summed E-state index contributed by atoms with van der Waals surface area (Å²) in [6.45, 7) is 16.4. The van der Waals surface area contributed by atoms with Crippen LogP contribution >= 0.6 is 0 Å². The number of fused-ring (bicyclic) bond motifs is 9. The summed E-state index contributed by atoms with van der Waals surface area (Å²) in [5, 5.41) is 0. The lowest BCUT2D eigenvalue weighted by Crippen LogP contribution is -2.29. The van der Waals surface area contributed by atoms with Gasteiger partial charge in [-0.3, -0.25) is 0 Å². The normalized spacial score (nSPS) is 17.6. The monoisotopic (exact) mass is 938 g/mol. The largest absolute Gasteiger partial charge is 0.0713 e. The van der Waals surface area contributed by atoms with Crippen LogP contribution in [0.15, 0.2) is 224 Å². The molecule has 0 heteroatoms. The minimum absolute atomic E-state index is 0.100. The summed E-state index contributed by atoms with van der Waals surface area (Å²) in [7, 11) is 0. The summed E-state index contributed by atoms with van der Waals surface area (Å²) in [5.41, 5.74) is 29.8. The predicted octanol–water partition coefficient (Wildman–Crippen LogP) is 17.8. The van der Waals surface area contributed by atoms with Gasteiger partial charge in [-0.25, -0.2) is 0 Å². The molecule has 0 aromatic heterocycles. The van der Waals surface area contributed by atoms with Crippen molar-refractivity contribution in [1.82, 2.24) is 0 Å². The highest BCUT2D eigenvalue weighted by Crippen LogP contribution is 2.60. The van der Waals surface area contributed by atoms with E-state index in [0.717, 1.165) is 12.8 Å². The predicted molar refractivity (Wildman–Crippen MR) is 305 cm³/mol. The lowest BCUT2D eigenvalue weighted by Gasteiger charge is -2.35. The minimum atomic E-state index is -0.513. The van der Waals surface area contributed by atoms with Crippen molar-refractivity contribution in [2.45, 2.75) is 83.0 Å². The van der Waals surface area contributed by atoms with Crippen LogP contribution in [-0.2, 0) is 34.5 Å². The molecule has 0 radical (unpaired) electrons. The molecule has 0 N–H and O–H groups in total. The molecule has 0 spiro atoms. The van der Waals surface area contributed by atoms with Crippen LogP contribution in [0, 0.1) is 20.8 Å². The van der Waals surface area contributed by atoms with Crippen molar-refractivity contribution in [3.8, 4) is 33.4 Å². The van der Waals surface area contributed by atoms with Crippen molar-refractivity contribution in [3.63, 3.8) is 0 Å². The van der Waals surface area contributed by atoms with Gasteiger partial charge in [-0.15, -0.1) is 0 Å². The van der Waals surface area contributed by atoms with Crippen LogP contribution in [0.5, 0.6) is 0 Å². The van der Waals surface area contributed by atoms with Crippen LogP contribution < -0.4 is 0 Å². The maximum Gasteiger partial charge on any atom is 0.0713 e. The van der Waals surface area contributed by atoms with Gasteiger partial charge < -0.3 is 0 Å². The Labute approximate surface area is 433 Å². The van der Waals surface area contributed by atoms with Gasteiger partial charge in [0.2, 0.25) is 0 Å². The Hall–Kier alpha value is -7.80. The van der Waals surface area contributed by atoms with Crippen molar-refractivity contribution >= 4 is 0 Å². The highest BCUT2D eigenvalue weighted by molar-refractivity contribution is 5.90. The van der Waals surface area contributed by atoms with Crippen molar-refractivity contribution in [2.75, 3.05) is 0 Å². The first-order valence-corrected chi connectivity index (χ1v) is 26.4. The van der Waals surface area contributed by atoms with Gasteiger partial charge in [0, 0.05) is 5.41 Å². The first-order chi connectivity index (χ1) is 35.4. The molecular weight excluding hydrogens is 877 g/mol. The molecule has 2 unspecified atom stereocenters. The summed E-state index contributed by atoms with van der Waals surface area (Å²) >= 11 is 0. The molecule has 0 bridgehead atoms. The average Bonchev–Trinajstić information content (AvgIpc) is 3.98. The summed E-state index contributed by atoms with van der Waals surface area (Å²) in [6.07, 6.45) is 1.74. The Morgan fingerprint density at radius 1 is 0.370 bits per heavy atom. The quantitative estimate of drug-likeness (QED) is 0.142. The summed E-state index contributed by atoms with van der Waals surface area (Å²) in [5.74, 6) is 0. The molecule has 0 saturated heterocycles. The molecular formula is C73H62. The number of hydrogen-bond acceptors (Lipinski definition) is 0. The smallest absolute Gasteiger partial charge is 0.0622 e. The van der Waals surface area contributed by atoms with E-state index in [1.54, 1.807) is 0 Å². The molecule has 10 aromatic carbocycles. The fraction of sp³-hybridized carbons (Fsp3) is 0.178. The molecule has 13 rings (SSSR count). The van der Waals surface area contributed by atoms with E-state index in [-0.39, 0.29) is 10.8 Å². The second-order valence-electron chi connectivity index (χ2n) is 22.8. The molecule has 0 heterocycles. The van der Waals surface area contributed by atoms with Gasteiger partial charge in [0.25, 0.3) is 0 Å². The van der Waals surface area contributed by atoms with E-state index in [1.807, 2.05) is 0 Å². The number of rotatable bonds is 8. The molecule has 0 amide bonds. The maximum absolute atomic E-state index is 2.59. The second-order valence-corrected chi connectivity index (χ2v) is 22.8. The maximum atomic E-state index is 2.59. The SMILES string of the molecule is Cc1ccc(C2(c3ccc(Cc4cc5c(cc4C(C)(C)C)C(c4ccccc4)(c4ccccc4)c4cc(C)ccc4-5)cc3)c3ccccc3-c3c(CC4(C)c5ccccc5-c5cccc(C)c54)cccc32)cc1. The fourth-order valence-electron chi connectivity index (χ4n) is 14.3. The van der Waals surface area contributed by atoms with Crippen molar-refractivity contribution in [1.29, 1.82) is 0 Å². The molecule has 3 aliphatic rings. The summed E-state index contributed by atoms with van der Waals surface area (Å²) in [4.78, 5) is 0. The molecule has 73 heavy (non-hydrogen) atoms. The zero-order valence-corrected chi connectivity index (χ0v) is 43.3. The molecule has 354 valence electrons. The molecule has 0 aliphatic heterocycles. The fourth-order valence-corrected chi connectivity index (χ4v) is 14.3. The summed E-state index contributed by atoms with van der Waals surface area (Å²) < 4.78 is 0. The molecule has 0 fully saturated rings. The van der Waals surface area contributed by atoms with Crippen molar-refractivity contribution in [3.05, 3.63) is 319 Å². The lowest BCUT2D eigenvalue weighted by atomic mass is 9.66. The van der Waals surface area contributed by atoms with E-state index in [2.05, 4.69) is 273 Å². The topological polar surface area (TPSA) is 0 Å². The zero-order chi connectivity index (χ0) is 49.9. The second kappa shape index (κ2) is 16.6. The minimum Gasteiger partial charge on any atom is -0.0622 e. The van der Waals surface area contributed by atoms with Crippen molar-refractivity contribution in [2.24, 2.45) is 0 Å². The lowest BCUT2D eigenvalue weighted by molar-refractivity contribution is 0.580. The van der Waals surface area contributed by atoms with Gasteiger partial charge in [-0.05, 0) is 156 Å².